The van der Waals surface area contributed by atoms with Crippen molar-refractivity contribution in [3.63, 3.8) is 0 Å². The van der Waals surface area contributed by atoms with Crippen molar-refractivity contribution < 1.29 is 34.7 Å². The zero-order valence-electron chi connectivity index (χ0n) is 8.61. The number of nitrogens with one attached hydrogen (secondary N) is 1. The molecule has 8 nitrogen and oxygen atoms in total. The molecule has 16 heavy (non-hydrogen) atoms. The molecule has 0 aromatic carbocycles. The number of aliphatic hydroxyl groups excluding tert-OH is 4. The summed E-state index contributed by atoms with van der Waals surface area (Å²) < 4.78 is 9.08. The second-order valence-corrected chi connectivity index (χ2v) is 3.39. The molecule has 5 atom stereocenters. The summed E-state index contributed by atoms with van der Waals surface area (Å²) in [6.07, 6.45) is -6.37. The van der Waals surface area contributed by atoms with Gasteiger partial charge in [-0.3, -0.25) is 0 Å². The van der Waals surface area contributed by atoms with E-state index in [1.165, 1.54) is 0 Å². The first-order chi connectivity index (χ1) is 7.51. The second-order valence-electron chi connectivity index (χ2n) is 3.39. The molecule has 1 aliphatic heterocycles. The third-order valence-electron chi connectivity index (χ3n) is 2.37. The zero-order valence-corrected chi connectivity index (χ0v) is 8.61. The van der Waals surface area contributed by atoms with E-state index in [1.807, 2.05) is 0 Å². The Morgan fingerprint density at radius 2 is 2.00 bits per heavy atom. The Balaban J connectivity index is 2.67. The number of hydrogen-bond acceptors (Lipinski definition) is 7. The van der Waals surface area contributed by atoms with Gasteiger partial charge >= 0.3 is 6.09 Å². The number of methoxy groups -OCH3 is 1. The summed E-state index contributed by atoms with van der Waals surface area (Å²) in [5, 5.41) is 39.4. The van der Waals surface area contributed by atoms with Gasteiger partial charge in [-0.05, 0) is 0 Å². The zero-order chi connectivity index (χ0) is 12.3. The number of aliphatic hydroxyl groups is 4. The smallest absolute Gasteiger partial charge is 0.407 e. The van der Waals surface area contributed by atoms with Gasteiger partial charge in [-0.1, -0.05) is 0 Å². The maximum Gasteiger partial charge on any atom is 0.407 e. The van der Waals surface area contributed by atoms with Crippen LogP contribution < -0.4 is 5.32 Å². The predicted octanol–water partition coefficient (Wildman–Crippen LogP) is -2.86. The van der Waals surface area contributed by atoms with E-state index in [2.05, 4.69) is 10.1 Å². The van der Waals surface area contributed by atoms with Crippen molar-refractivity contribution in [2.45, 2.75) is 30.6 Å². The summed E-state index contributed by atoms with van der Waals surface area (Å²) >= 11 is 0. The molecule has 1 heterocycles. The standard InChI is InChI=1S/C8H15NO7/c1-15-8(14)9-4-6(12)5(11)3(2-10)16-7(4)13/h3-7,10-13H,2H2,1H3,(H,9,14)/t3?,4?,5-,6-,7?/m1/s1. The van der Waals surface area contributed by atoms with Crippen molar-refractivity contribution in [1.29, 1.82) is 0 Å². The van der Waals surface area contributed by atoms with E-state index < -0.39 is 43.3 Å². The van der Waals surface area contributed by atoms with Crippen molar-refractivity contribution in [3.05, 3.63) is 0 Å². The molecule has 0 aromatic heterocycles. The maximum absolute atomic E-state index is 10.9. The number of rotatable bonds is 2. The summed E-state index contributed by atoms with van der Waals surface area (Å²) in [6.45, 7) is -0.555. The van der Waals surface area contributed by atoms with Gasteiger partial charge in [-0.15, -0.1) is 0 Å². The number of carbonyl (C=O) groups excluding carboxylic acids is 1. The molecule has 1 fully saturated rings. The van der Waals surface area contributed by atoms with Crippen LogP contribution in [-0.2, 0) is 9.47 Å². The van der Waals surface area contributed by atoms with Crippen LogP contribution in [0.3, 0.4) is 0 Å². The minimum Gasteiger partial charge on any atom is -0.453 e. The fourth-order valence-corrected chi connectivity index (χ4v) is 1.45. The fourth-order valence-electron chi connectivity index (χ4n) is 1.45. The molecule has 1 aliphatic rings. The highest BCUT2D eigenvalue weighted by molar-refractivity contribution is 5.67. The van der Waals surface area contributed by atoms with E-state index in [4.69, 9.17) is 9.84 Å². The normalized spacial score (nSPS) is 39.2. The molecule has 8 heteroatoms. The summed E-state index contributed by atoms with van der Waals surface area (Å²) in [5.74, 6) is 0. The number of amides is 1. The fraction of sp³-hybridized carbons (Fsp3) is 0.875. The van der Waals surface area contributed by atoms with Gasteiger partial charge in [-0.25, -0.2) is 4.79 Å². The van der Waals surface area contributed by atoms with Gasteiger partial charge in [0.2, 0.25) is 0 Å². The van der Waals surface area contributed by atoms with Crippen molar-refractivity contribution >= 4 is 6.09 Å². The Hall–Kier alpha value is -0.930. The lowest BCUT2D eigenvalue weighted by atomic mass is 9.97. The summed E-state index contributed by atoms with van der Waals surface area (Å²) in [4.78, 5) is 10.9. The predicted molar refractivity (Wildman–Crippen MR) is 49.3 cm³/mol. The average Bonchev–Trinajstić information content (AvgIpc) is 2.28. The second kappa shape index (κ2) is 5.41. The minimum atomic E-state index is -1.53. The van der Waals surface area contributed by atoms with Crippen LogP contribution >= 0.6 is 0 Å². The SMILES string of the molecule is COC(=O)NC1C(O)OC(CO)[C@@H](O)[C@@H]1O. The number of ether oxygens (including phenoxy) is 2. The van der Waals surface area contributed by atoms with Gasteiger partial charge in [0.1, 0.15) is 24.4 Å². The monoisotopic (exact) mass is 237 g/mol. The first kappa shape index (κ1) is 13.1. The lowest BCUT2D eigenvalue weighted by Gasteiger charge is -2.39. The van der Waals surface area contributed by atoms with Crippen LogP contribution in [0.1, 0.15) is 0 Å². The highest BCUT2D eigenvalue weighted by Gasteiger charge is 2.44. The van der Waals surface area contributed by atoms with E-state index >= 15 is 0 Å². The molecule has 1 amide bonds. The molecule has 1 saturated heterocycles. The summed E-state index contributed by atoms with van der Waals surface area (Å²) in [5.41, 5.74) is 0. The Bertz CT molecular complexity index is 249. The van der Waals surface area contributed by atoms with Crippen LogP contribution in [0.2, 0.25) is 0 Å². The molecule has 0 saturated carbocycles. The van der Waals surface area contributed by atoms with Gasteiger partial charge in [0.05, 0.1) is 13.7 Å². The van der Waals surface area contributed by atoms with Gasteiger partial charge in [-0.2, -0.15) is 0 Å². The molecule has 0 aliphatic carbocycles. The highest BCUT2D eigenvalue weighted by atomic mass is 16.6. The molecule has 0 radical (unpaired) electrons. The highest BCUT2D eigenvalue weighted by Crippen LogP contribution is 2.19. The average molecular weight is 237 g/mol. The van der Waals surface area contributed by atoms with Crippen LogP contribution in [-0.4, -0.2) is 70.9 Å². The lowest BCUT2D eigenvalue weighted by molar-refractivity contribution is -0.253. The van der Waals surface area contributed by atoms with Crippen molar-refractivity contribution in [2.75, 3.05) is 13.7 Å². The molecule has 5 N–H and O–H groups in total. The summed E-state index contributed by atoms with van der Waals surface area (Å²) in [6, 6.07) is -1.22. The molecule has 0 aromatic rings. The Labute approximate surface area is 91.4 Å². The third kappa shape index (κ3) is 2.60. The Morgan fingerprint density at radius 3 is 2.50 bits per heavy atom. The van der Waals surface area contributed by atoms with Crippen molar-refractivity contribution in [3.8, 4) is 0 Å². The van der Waals surface area contributed by atoms with E-state index in [-0.39, 0.29) is 0 Å². The lowest BCUT2D eigenvalue weighted by Crippen LogP contribution is -2.64. The maximum atomic E-state index is 10.9. The molecular formula is C8H15NO7. The first-order valence-electron chi connectivity index (χ1n) is 4.66. The molecule has 0 bridgehead atoms. The first-order valence-corrected chi connectivity index (χ1v) is 4.66. The van der Waals surface area contributed by atoms with E-state index in [1.54, 1.807) is 0 Å². The van der Waals surface area contributed by atoms with Gasteiger partial charge in [0.15, 0.2) is 6.29 Å². The molecule has 3 unspecified atom stereocenters. The van der Waals surface area contributed by atoms with Gasteiger partial charge in [0, 0.05) is 0 Å². The quantitative estimate of drug-likeness (QED) is 0.349. The largest absolute Gasteiger partial charge is 0.453 e. The van der Waals surface area contributed by atoms with Crippen LogP contribution in [0, 0.1) is 0 Å². The molecular weight excluding hydrogens is 222 g/mol. The van der Waals surface area contributed by atoms with Crippen molar-refractivity contribution in [2.24, 2.45) is 0 Å². The minimum absolute atomic E-state index is 0.555. The van der Waals surface area contributed by atoms with E-state index in [0.29, 0.717) is 0 Å². The van der Waals surface area contributed by atoms with Gasteiger partial charge < -0.3 is 35.2 Å². The van der Waals surface area contributed by atoms with Gasteiger partial charge in [0.25, 0.3) is 0 Å². The van der Waals surface area contributed by atoms with Crippen LogP contribution in [0.4, 0.5) is 4.79 Å². The van der Waals surface area contributed by atoms with Crippen molar-refractivity contribution in [1.82, 2.24) is 5.32 Å². The van der Waals surface area contributed by atoms with Crippen LogP contribution in [0.15, 0.2) is 0 Å². The Morgan fingerprint density at radius 1 is 1.38 bits per heavy atom. The third-order valence-corrected chi connectivity index (χ3v) is 2.37. The molecule has 1 rings (SSSR count). The molecule has 94 valence electrons. The Kier molecular flexibility index (Phi) is 4.44. The van der Waals surface area contributed by atoms with E-state index in [9.17, 15) is 20.1 Å². The number of carbonyl (C=O) groups is 1. The summed E-state index contributed by atoms with van der Waals surface area (Å²) in [7, 11) is 1.12. The van der Waals surface area contributed by atoms with E-state index in [0.717, 1.165) is 7.11 Å². The van der Waals surface area contributed by atoms with Crippen LogP contribution in [0.5, 0.6) is 0 Å². The number of hydrogen-bond donors (Lipinski definition) is 5. The topological polar surface area (TPSA) is 128 Å². The molecule has 0 spiro atoms. The van der Waals surface area contributed by atoms with Crippen LogP contribution in [0.25, 0.3) is 0 Å². The number of alkyl carbamates (subject to hydrolysis) is 1.